The first-order valence-electron chi connectivity index (χ1n) is 5.80. The van der Waals surface area contributed by atoms with Gasteiger partial charge >= 0.3 is 0 Å². The van der Waals surface area contributed by atoms with Crippen molar-refractivity contribution in [2.75, 3.05) is 0 Å². The van der Waals surface area contributed by atoms with Gasteiger partial charge in [0.15, 0.2) is 5.03 Å². The number of hydrogen-bond donors (Lipinski definition) is 1. The largest absolute Gasteiger partial charge is 0.257 e. The maximum Gasteiger partial charge on any atom is 0.257 e. The third-order valence-corrected chi connectivity index (χ3v) is 4.79. The van der Waals surface area contributed by atoms with E-state index in [1.54, 1.807) is 6.92 Å². The molecule has 0 aliphatic rings. The summed E-state index contributed by atoms with van der Waals surface area (Å²) in [4.78, 5) is 4.34. The predicted octanol–water partition coefficient (Wildman–Crippen LogP) is 1.31. The summed E-state index contributed by atoms with van der Waals surface area (Å²) >= 11 is 1.27. The van der Waals surface area contributed by atoms with E-state index in [0.717, 1.165) is 14.9 Å². The van der Waals surface area contributed by atoms with Crippen molar-refractivity contribution >= 4 is 31.6 Å². The number of para-hydroxylation sites is 1. The van der Waals surface area contributed by atoms with Crippen molar-refractivity contribution in [1.29, 1.82) is 5.26 Å². The molecule has 2 aromatic heterocycles. The molecule has 3 rings (SSSR count). The Kier molecular flexibility index (Phi) is 3.02. The summed E-state index contributed by atoms with van der Waals surface area (Å²) in [6, 6.07) is 9.21. The van der Waals surface area contributed by atoms with Gasteiger partial charge in [-0.2, -0.15) is 15.0 Å². The predicted molar refractivity (Wildman–Crippen MR) is 77.6 cm³/mol. The molecule has 0 atom stereocenters. The van der Waals surface area contributed by atoms with Crippen LogP contribution in [0.2, 0.25) is 0 Å². The lowest BCUT2D eigenvalue weighted by atomic mass is 10.3. The van der Waals surface area contributed by atoms with E-state index in [9.17, 15) is 8.42 Å². The summed E-state index contributed by atoms with van der Waals surface area (Å²) in [6.07, 6.45) is 0. The van der Waals surface area contributed by atoms with Gasteiger partial charge in [-0.1, -0.05) is 23.5 Å². The van der Waals surface area contributed by atoms with Crippen molar-refractivity contribution in [2.45, 2.75) is 11.9 Å². The van der Waals surface area contributed by atoms with Crippen LogP contribution in [0.4, 0.5) is 0 Å². The zero-order valence-corrected chi connectivity index (χ0v) is 12.4. The molecule has 2 N–H and O–H groups in total. The first kappa shape index (κ1) is 13.7. The third kappa shape index (κ3) is 2.19. The minimum atomic E-state index is -4.10. The average Bonchev–Trinajstić information content (AvgIpc) is 2.97. The number of fused-ring (bicyclic) bond motifs is 1. The van der Waals surface area contributed by atoms with E-state index in [1.807, 2.05) is 30.3 Å². The van der Waals surface area contributed by atoms with E-state index in [4.69, 9.17) is 10.4 Å². The lowest BCUT2D eigenvalue weighted by Gasteiger charge is -2.01. The summed E-state index contributed by atoms with van der Waals surface area (Å²) in [7, 11) is -4.10. The van der Waals surface area contributed by atoms with Crippen LogP contribution in [0.1, 0.15) is 11.3 Å². The van der Waals surface area contributed by atoms with Crippen molar-refractivity contribution in [3.05, 3.63) is 35.5 Å². The SMILES string of the molecule is Cc1nn(-c2nc3ccccc3s2)c(S(N)(=O)=O)c1C#N. The molecule has 0 bridgehead atoms. The molecule has 1 aromatic carbocycles. The van der Waals surface area contributed by atoms with E-state index in [0.29, 0.717) is 10.8 Å². The maximum absolute atomic E-state index is 11.8. The van der Waals surface area contributed by atoms with Crippen LogP contribution in [0.5, 0.6) is 0 Å². The normalized spacial score (nSPS) is 11.7. The molecule has 106 valence electrons. The lowest BCUT2D eigenvalue weighted by Crippen LogP contribution is -2.18. The number of hydrogen-bond acceptors (Lipinski definition) is 6. The first-order valence-corrected chi connectivity index (χ1v) is 8.16. The van der Waals surface area contributed by atoms with Gasteiger partial charge in [0.05, 0.1) is 15.9 Å². The van der Waals surface area contributed by atoms with Crippen LogP contribution < -0.4 is 5.14 Å². The fraction of sp³-hybridized carbons (Fsp3) is 0.0833. The molecule has 0 aliphatic carbocycles. The highest BCUT2D eigenvalue weighted by Gasteiger charge is 2.26. The van der Waals surface area contributed by atoms with Crippen molar-refractivity contribution in [1.82, 2.24) is 14.8 Å². The first-order chi connectivity index (χ1) is 9.91. The molecule has 2 heterocycles. The van der Waals surface area contributed by atoms with Gasteiger partial charge in [0.2, 0.25) is 5.13 Å². The molecule has 7 nitrogen and oxygen atoms in total. The summed E-state index contributed by atoms with van der Waals surface area (Å²) in [6.45, 7) is 1.55. The molecule has 0 unspecified atom stereocenters. The number of benzene rings is 1. The monoisotopic (exact) mass is 319 g/mol. The van der Waals surface area contributed by atoms with Crippen LogP contribution in [0.3, 0.4) is 0 Å². The highest BCUT2D eigenvalue weighted by Crippen LogP contribution is 2.28. The minimum absolute atomic E-state index is 0.0586. The second-order valence-corrected chi connectivity index (χ2v) is 6.78. The molecule has 0 saturated carbocycles. The minimum Gasteiger partial charge on any atom is -0.223 e. The van der Waals surface area contributed by atoms with Crippen LogP contribution in [-0.2, 0) is 10.0 Å². The molecule has 3 aromatic rings. The third-order valence-electron chi connectivity index (χ3n) is 2.86. The number of sulfonamides is 1. The fourth-order valence-electron chi connectivity index (χ4n) is 1.98. The van der Waals surface area contributed by atoms with Crippen molar-refractivity contribution in [3.63, 3.8) is 0 Å². The number of aryl methyl sites for hydroxylation is 1. The number of primary sulfonamides is 1. The number of rotatable bonds is 2. The second kappa shape index (κ2) is 4.63. The summed E-state index contributed by atoms with van der Waals surface area (Å²) in [5.41, 5.74) is 0.960. The zero-order chi connectivity index (χ0) is 15.2. The van der Waals surface area contributed by atoms with Crippen LogP contribution in [0.15, 0.2) is 29.3 Å². The molecule has 9 heteroatoms. The number of aromatic nitrogens is 3. The van der Waals surface area contributed by atoms with Crippen LogP contribution >= 0.6 is 11.3 Å². The fourth-order valence-corrected chi connectivity index (χ4v) is 3.81. The van der Waals surface area contributed by atoms with Gasteiger partial charge in [-0.15, -0.1) is 0 Å². The smallest absolute Gasteiger partial charge is 0.223 e. The Balaban J connectivity index is 2.35. The number of nitrogens with two attached hydrogens (primary N) is 1. The Hall–Kier alpha value is -2.28. The van der Waals surface area contributed by atoms with Gasteiger partial charge in [-0.3, -0.25) is 0 Å². The summed E-state index contributed by atoms with van der Waals surface area (Å²) in [5, 5.41) is 18.5. The Morgan fingerprint density at radius 3 is 2.71 bits per heavy atom. The lowest BCUT2D eigenvalue weighted by molar-refractivity contribution is 0.587. The van der Waals surface area contributed by atoms with E-state index >= 15 is 0 Å². The van der Waals surface area contributed by atoms with Gasteiger partial charge < -0.3 is 0 Å². The van der Waals surface area contributed by atoms with Gasteiger partial charge in [0, 0.05) is 0 Å². The van der Waals surface area contributed by atoms with E-state index in [-0.39, 0.29) is 10.6 Å². The van der Waals surface area contributed by atoms with Crippen molar-refractivity contribution < 1.29 is 8.42 Å². The standard InChI is InChI=1S/C12H9N5O2S2/c1-7-8(6-13)11(21(14,18)19)17(16-7)12-15-9-4-2-3-5-10(9)20-12/h2-5H,1H3,(H2,14,18,19). The summed E-state index contributed by atoms with van der Waals surface area (Å²) in [5.74, 6) is 0. The van der Waals surface area contributed by atoms with Crippen LogP contribution in [-0.4, -0.2) is 23.2 Å². The maximum atomic E-state index is 11.8. The van der Waals surface area contributed by atoms with Crippen LogP contribution in [0.25, 0.3) is 15.3 Å². The van der Waals surface area contributed by atoms with E-state index in [2.05, 4.69) is 10.1 Å². The Morgan fingerprint density at radius 1 is 1.38 bits per heavy atom. The molecular formula is C12H9N5O2S2. The van der Waals surface area contributed by atoms with Gasteiger partial charge in [-0.05, 0) is 19.1 Å². The highest BCUT2D eigenvalue weighted by molar-refractivity contribution is 7.89. The summed E-state index contributed by atoms with van der Waals surface area (Å²) < 4.78 is 25.6. The van der Waals surface area contributed by atoms with E-state index < -0.39 is 10.0 Å². The Labute approximate surface area is 124 Å². The number of nitriles is 1. The Morgan fingerprint density at radius 2 is 2.10 bits per heavy atom. The molecule has 21 heavy (non-hydrogen) atoms. The molecule has 0 fully saturated rings. The number of nitrogens with zero attached hydrogens (tertiary/aromatic N) is 4. The van der Waals surface area contributed by atoms with Gasteiger partial charge in [0.1, 0.15) is 11.6 Å². The zero-order valence-electron chi connectivity index (χ0n) is 10.8. The molecule has 0 amide bonds. The van der Waals surface area contributed by atoms with Gasteiger partial charge in [-0.25, -0.2) is 18.5 Å². The van der Waals surface area contributed by atoms with Gasteiger partial charge in [0.25, 0.3) is 10.0 Å². The quantitative estimate of drug-likeness (QED) is 0.764. The van der Waals surface area contributed by atoms with Crippen molar-refractivity contribution in [3.8, 4) is 11.2 Å². The van der Waals surface area contributed by atoms with E-state index in [1.165, 1.54) is 11.3 Å². The Bertz CT molecular complexity index is 961. The molecular weight excluding hydrogens is 310 g/mol. The second-order valence-electron chi connectivity index (χ2n) is 4.30. The van der Waals surface area contributed by atoms with Crippen molar-refractivity contribution in [2.24, 2.45) is 5.14 Å². The topological polar surface area (TPSA) is 115 Å². The number of thiazole rings is 1. The van der Waals surface area contributed by atoms with Crippen LogP contribution in [0, 0.1) is 18.3 Å². The molecule has 0 radical (unpaired) electrons. The molecule has 0 spiro atoms. The molecule has 0 saturated heterocycles. The highest BCUT2D eigenvalue weighted by atomic mass is 32.2. The molecule has 0 aliphatic heterocycles. The average molecular weight is 319 g/mol.